The molecule has 3 heterocycles. The average Bonchev–Trinajstić information content (AvgIpc) is 2.71. The first kappa shape index (κ1) is 20.4. The van der Waals surface area contributed by atoms with E-state index in [9.17, 15) is 13.2 Å². The van der Waals surface area contributed by atoms with Crippen molar-refractivity contribution in [3.05, 3.63) is 70.0 Å². The molecule has 0 radical (unpaired) electrons. The summed E-state index contributed by atoms with van der Waals surface area (Å²) in [4.78, 5) is 23.9. The summed E-state index contributed by atoms with van der Waals surface area (Å²) in [6.07, 6.45) is 5.52. The lowest BCUT2D eigenvalue weighted by Gasteiger charge is -2.18. The summed E-state index contributed by atoms with van der Waals surface area (Å²) < 4.78 is 24.9. The number of hydrogen-bond donors (Lipinski definition) is 2. The monoisotopic (exact) mass is 415 g/mol. The lowest BCUT2D eigenvalue weighted by molar-refractivity contribution is 0.599. The highest BCUT2D eigenvalue weighted by Crippen LogP contribution is 2.20. The van der Waals surface area contributed by atoms with Gasteiger partial charge in [-0.05, 0) is 36.6 Å². The number of nitrogens with one attached hydrogen (secondary N) is 2. The predicted octanol–water partition coefficient (Wildman–Crippen LogP) is 0.748. The van der Waals surface area contributed by atoms with E-state index in [2.05, 4.69) is 30.5 Å². The molecule has 0 aliphatic rings. The Bertz CT molecular complexity index is 1130. The molecule has 0 saturated carbocycles. The van der Waals surface area contributed by atoms with Gasteiger partial charge >= 0.3 is 0 Å². The Morgan fingerprint density at radius 2 is 1.90 bits per heavy atom. The Labute approximate surface area is 168 Å². The molecule has 3 aromatic rings. The van der Waals surface area contributed by atoms with Crippen molar-refractivity contribution in [3.8, 4) is 0 Å². The maximum absolute atomic E-state index is 11.8. The summed E-state index contributed by atoms with van der Waals surface area (Å²) >= 11 is 0. The molecule has 0 aliphatic heterocycles. The van der Waals surface area contributed by atoms with E-state index in [0.717, 1.165) is 17.5 Å². The topological polar surface area (TPSA) is 134 Å². The third kappa shape index (κ3) is 5.57. The molecule has 2 N–H and O–H groups in total. The maximum atomic E-state index is 11.8. The van der Waals surface area contributed by atoms with Crippen LogP contribution in [0.2, 0.25) is 0 Å². The van der Waals surface area contributed by atoms with E-state index in [0.29, 0.717) is 36.8 Å². The van der Waals surface area contributed by atoms with Crippen LogP contribution < -0.4 is 15.2 Å². The van der Waals surface area contributed by atoms with E-state index in [-0.39, 0.29) is 5.56 Å². The van der Waals surface area contributed by atoms with Crippen molar-refractivity contribution in [1.29, 1.82) is 0 Å². The minimum atomic E-state index is -3.40. The standard InChI is InChI=1S/C18H21N7O3S/c1-25(29(2,27)28)17-13(4-3-10-19-17)5-6-14-9-11-20-18(22-14)21-12-15-7-8-16(26)24-23-15/h3-4,7-11H,5-6,12H2,1-2H3,(H,24,26)(H,20,21,22). The fourth-order valence-electron chi connectivity index (χ4n) is 2.59. The molecular formula is C18H21N7O3S. The number of rotatable bonds is 8. The second-order valence-electron chi connectivity index (χ2n) is 6.35. The number of sulfonamides is 1. The molecule has 3 rings (SSSR count). The summed E-state index contributed by atoms with van der Waals surface area (Å²) in [6.45, 7) is 0.367. The van der Waals surface area contributed by atoms with Gasteiger partial charge < -0.3 is 5.32 Å². The number of anilines is 2. The van der Waals surface area contributed by atoms with E-state index < -0.39 is 10.0 Å². The molecule has 0 fully saturated rings. The lowest BCUT2D eigenvalue weighted by Crippen LogP contribution is -2.27. The lowest BCUT2D eigenvalue weighted by atomic mass is 10.1. The quantitative estimate of drug-likeness (QED) is 0.550. The zero-order valence-corrected chi connectivity index (χ0v) is 16.8. The minimum Gasteiger partial charge on any atom is -0.348 e. The first-order valence-electron chi connectivity index (χ1n) is 8.81. The molecular weight excluding hydrogens is 394 g/mol. The number of hydrogen-bond acceptors (Lipinski definition) is 8. The van der Waals surface area contributed by atoms with Gasteiger partial charge in [-0.15, -0.1) is 0 Å². The fourth-order valence-corrected chi connectivity index (χ4v) is 3.07. The Morgan fingerprint density at radius 1 is 1.07 bits per heavy atom. The Hall–Kier alpha value is -3.34. The second-order valence-corrected chi connectivity index (χ2v) is 8.37. The molecule has 3 aromatic heterocycles. The highest BCUT2D eigenvalue weighted by atomic mass is 32.2. The Kier molecular flexibility index (Phi) is 6.17. The summed E-state index contributed by atoms with van der Waals surface area (Å²) in [5.74, 6) is 0.849. The second kappa shape index (κ2) is 8.78. The van der Waals surface area contributed by atoms with Gasteiger partial charge in [-0.25, -0.2) is 28.5 Å². The van der Waals surface area contributed by atoms with Gasteiger partial charge in [0.15, 0.2) is 0 Å². The van der Waals surface area contributed by atoms with Crippen molar-refractivity contribution in [1.82, 2.24) is 25.1 Å². The summed E-state index contributed by atoms with van der Waals surface area (Å²) in [5.41, 5.74) is 2.01. The molecule has 152 valence electrons. The Morgan fingerprint density at radius 3 is 2.62 bits per heavy atom. The molecule has 0 aliphatic carbocycles. The molecule has 11 heteroatoms. The third-order valence-corrected chi connectivity index (χ3v) is 5.36. The fraction of sp³-hybridized carbons (Fsp3) is 0.278. The van der Waals surface area contributed by atoms with Crippen molar-refractivity contribution >= 4 is 21.8 Å². The van der Waals surface area contributed by atoms with Crippen molar-refractivity contribution in [2.45, 2.75) is 19.4 Å². The van der Waals surface area contributed by atoms with E-state index in [4.69, 9.17) is 0 Å². The molecule has 0 spiro atoms. The molecule has 10 nitrogen and oxygen atoms in total. The molecule has 29 heavy (non-hydrogen) atoms. The number of H-pyrrole nitrogens is 1. The van der Waals surface area contributed by atoms with Crippen LogP contribution in [-0.2, 0) is 29.4 Å². The first-order valence-corrected chi connectivity index (χ1v) is 10.7. The number of aryl methyl sites for hydroxylation is 2. The van der Waals surface area contributed by atoms with Crippen LogP contribution in [0.1, 0.15) is 17.0 Å². The smallest absolute Gasteiger partial charge is 0.264 e. The van der Waals surface area contributed by atoms with Crippen LogP contribution >= 0.6 is 0 Å². The number of aromatic nitrogens is 5. The van der Waals surface area contributed by atoms with Crippen molar-refractivity contribution in [2.75, 3.05) is 22.9 Å². The maximum Gasteiger partial charge on any atom is 0.264 e. The van der Waals surface area contributed by atoms with Crippen molar-refractivity contribution in [2.24, 2.45) is 0 Å². The molecule has 0 aromatic carbocycles. The van der Waals surface area contributed by atoms with Crippen LogP contribution in [0.4, 0.5) is 11.8 Å². The van der Waals surface area contributed by atoms with Crippen molar-refractivity contribution < 1.29 is 8.42 Å². The highest BCUT2D eigenvalue weighted by Gasteiger charge is 2.17. The van der Waals surface area contributed by atoms with Crippen LogP contribution in [0, 0.1) is 0 Å². The van der Waals surface area contributed by atoms with Crippen LogP contribution in [0.5, 0.6) is 0 Å². The van der Waals surface area contributed by atoms with E-state index in [1.165, 1.54) is 17.4 Å². The molecule has 0 unspecified atom stereocenters. The number of aromatic amines is 1. The third-order valence-electron chi connectivity index (χ3n) is 4.19. The SMILES string of the molecule is CN(c1ncccc1CCc1ccnc(NCc2ccc(=O)[nH]n2)n1)S(C)(=O)=O. The van der Waals surface area contributed by atoms with Gasteiger partial charge in [0.25, 0.3) is 5.56 Å². The summed E-state index contributed by atoms with van der Waals surface area (Å²) in [7, 11) is -1.91. The van der Waals surface area contributed by atoms with E-state index >= 15 is 0 Å². The summed E-state index contributed by atoms with van der Waals surface area (Å²) in [5, 5.41) is 9.36. The zero-order chi connectivity index (χ0) is 20.9. The van der Waals surface area contributed by atoms with E-state index in [1.807, 2.05) is 6.07 Å². The summed E-state index contributed by atoms with van der Waals surface area (Å²) in [6, 6.07) is 8.46. The molecule has 0 saturated heterocycles. The van der Waals surface area contributed by atoms with Crippen LogP contribution in [-0.4, -0.2) is 46.9 Å². The van der Waals surface area contributed by atoms with Gasteiger partial charge in [0, 0.05) is 31.2 Å². The highest BCUT2D eigenvalue weighted by molar-refractivity contribution is 7.92. The van der Waals surface area contributed by atoms with Crippen LogP contribution in [0.15, 0.2) is 47.5 Å². The zero-order valence-electron chi connectivity index (χ0n) is 16.0. The molecule has 0 atom stereocenters. The Balaban J connectivity index is 1.67. The van der Waals surface area contributed by atoms with Gasteiger partial charge in [0.1, 0.15) is 5.82 Å². The average molecular weight is 415 g/mol. The molecule has 0 amide bonds. The van der Waals surface area contributed by atoms with Crippen LogP contribution in [0.3, 0.4) is 0 Å². The van der Waals surface area contributed by atoms with Gasteiger partial charge in [0.05, 0.1) is 18.5 Å². The normalized spacial score (nSPS) is 11.2. The van der Waals surface area contributed by atoms with Gasteiger partial charge in [0.2, 0.25) is 16.0 Å². The predicted molar refractivity (Wildman–Crippen MR) is 109 cm³/mol. The van der Waals surface area contributed by atoms with Gasteiger partial charge in [-0.3, -0.25) is 9.10 Å². The van der Waals surface area contributed by atoms with E-state index in [1.54, 1.807) is 30.6 Å². The van der Waals surface area contributed by atoms with Gasteiger partial charge in [-0.2, -0.15) is 5.10 Å². The number of nitrogens with zero attached hydrogens (tertiary/aromatic N) is 5. The van der Waals surface area contributed by atoms with Crippen LogP contribution in [0.25, 0.3) is 0 Å². The first-order chi connectivity index (χ1) is 13.8. The molecule has 0 bridgehead atoms. The largest absolute Gasteiger partial charge is 0.348 e. The van der Waals surface area contributed by atoms with Crippen molar-refractivity contribution in [3.63, 3.8) is 0 Å². The number of pyridine rings is 1. The minimum absolute atomic E-state index is 0.261. The van der Waals surface area contributed by atoms with Gasteiger partial charge in [-0.1, -0.05) is 6.07 Å².